The van der Waals surface area contributed by atoms with E-state index in [0.717, 1.165) is 5.56 Å². The minimum Gasteiger partial charge on any atom is -0.449 e. The van der Waals surface area contributed by atoms with Gasteiger partial charge < -0.3 is 13.6 Å². The molecule has 0 amide bonds. The van der Waals surface area contributed by atoms with Gasteiger partial charge in [0.1, 0.15) is 11.9 Å². The molecule has 1 saturated heterocycles. The lowest BCUT2D eigenvalue weighted by atomic mass is 9.89. The minimum atomic E-state index is -2.19. The summed E-state index contributed by atoms with van der Waals surface area (Å²) in [5.41, 5.74) is -0.354. The Bertz CT molecular complexity index is 763. The number of carbonyl (C=O) groups excluding carboxylic acids is 1. The SMILES string of the molecule is CC(C)(C)[Si](C)(C)OC[C@@]1(c2ccc(F)cc2)OC(=O)C[C@H]1O[Si](C)(C)C(C)(C)C. The second-order valence-electron chi connectivity index (χ2n) is 11.5. The first-order chi connectivity index (χ1) is 13.4. The Kier molecular flexibility index (Phi) is 6.86. The maximum absolute atomic E-state index is 13.7. The van der Waals surface area contributed by atoms with E-state index < -0.39 is 28.3 Å². The minimum absolute atomic E-state index is 0.00931. The predicted octanol–water partition coefficient (Wildman–Crippen LogP) is 6.38. The number of ether oxygens (including phenoxy) is 1. The van der Waals surface area contributed by atoms with Gasteiger partial charge in [0.2, 0.25) is 0 Å². The van der Waals surface area contributed by atoms with Crippen LogP contribution in [0.2, 0.25) is 36.3 Å². The van der Waals surface area contributed by atoms with Gasteiger partial charge in [-0.2, -0.15) is 0 Å². The van der Waals surface area contributed by atoms with Crippen LogP contribution in [-0.2, 0) is 24.0 Å². The van der Waals surface area contributed by atoms with Crippen molar-refractivity contribution in [3.63, 3.8) is 0 Å². The summed E-state index contributed by atoms with van der Waals surface area (Å²) in [7, 11) is -4.31. The highest BCUT2D eigenvalue weighted by molar-refractivity contribution is 6.74. The van der Waals surface area contributed by atoms with Gasteiger partial charge in [0.05, 0.1) is 13.0 Å². The molecule has 1 aliphatic rings. The van der Waals surface area contributed by atoms with Gasteiger partial charge in [-0.25, -0.2) is 4.39 Å². The third-order valence-corrected chi connectivity index (χ3v) is 16.2. The Hall–Kier alpha value is -1.03. The highest BCUT2D eigenvalue weighted by Crippen LogP contribution is 2.46. The monoisotopic (exact) mass is 454 g/mol. The largest absolute Gasteiger partial charge is 0.449 e. The van der Waals surface area contributed by atoms with Gasteiger partial charge in [0.15, 0.2) is 22.2 Å². The van der Waals surface area contributed by atoms with Crippen LogP contribution in [0, 0.1) is 5.82 Å². The van der Waals surface area contributed by atoms with E-state index in [9.17, 15) is 9.18 Å². The lowest BCUT2D eigenvalue weighted by molar-refractivity contribution is -0.156. The van der Waals surface area contributed by atoms with Crippen molar-refractivity contribution in [3.05, 3.63) is 35.6 Å². The zero-order valence-corrected chi connectivity index (χ0v) is 22.3. The maximum Gasteiger partial charge on any atom is 0.309 e. The number of hydrogen-bond donors (Lipinski definition) is 0. The summed E-state index contributed by atoms with van der Waals surface area (Å²) >= 11 is 0. The zero-order chi connectivity index (χ0) is 23.2. The van der Waals surface area contributed by atoms with Crippen LogP contribution in [0.25, 0.3) is 0 Å². The van der Waals surface area contributed by atoms with Gasteiger partial charge >= 0.3 is 5.97 Å². The van der Waals surface area contributed by atoms with Crippen molar-refractivity contribution in [1.82, 2.24) is 0 Å². The van der Waals surface area contributed by atoms with Crippen molar-refractivity contribution in [2.75, 3.05) is 6.61 Å². The molecule has 7 heteroatoms. The van der Waals surface area contributed by atoms with Gasteiger partial charge in [-0.05, 0) is 48.4 Å². The quantitative estimate of drug-likeness (QED) is 0.369. The Morgan fingerprint density at radius 3 is 1.97 bits per heavy atom. The molecule has 0 bridgehead atoms. The molecule has 0 N–H and O–H groups in total. The molecule has 0 radical (unpaired) electrons. The molecule has 0 spiro atoms. The van der Waals surface area contributed by atoms with Crippen molar-refractivity contribution in [2.45, 2.75) is 95.9 Å². The molecule has 0 aromatic heterocycles. The summed E-state index contributed by atoms with van der Waals surface area (Å²) in [5, 5.41) is -0.0111. The average Bonchev–Trinajstić information content (AvgIpc) is 2.87. The van der Waals surface area contributed by atoms with E-state index in [1.807, 2.05) is 0 Å². The van der Waals surface area contributed by atoms with Crippen LogP contribution < -0.4 is 0 Å². The van der Waals surface area contributed by atoms with Crippen LogP contribution >= 0.6 is 0 Å². The van der Waals surface area contributed by atoms with E-state index in [-0.39, 0.29) is 34.9 Å². The number of esters is 1. The van der Waals surface area contributed by atoms with Gasteiger partial charge in [0.25, 0.3) is 0 Å². The Morgan fingerprint density at radius 2 is 1.50 bits per heavy atom. The van der Waals surface area contributed by atoms with Crippen LogP contribution in [0.15, 0.2) is 24.3 Å². The third-order valence-electron chi connectivity index (χ3n) is 7.20. The molecule has 2 atom stereocenters. The van der Waals surface area contributed by atoms with Crippen LogP contribution in [0.3, 0.4) is 0 Å². The number of carbonyl (C=O) groups is 1. The molecule has 1 aliphatic heterocycles. The summed E-state index contributed by atoms with van der Waals surface area (Å²) in [6.45, 7) is 21.9. The Labute approximate surface area is 183 Å². The van der Waals surface area contributed by atoms with Crippen molar-refractivity contribution >= 4 is 22.6 Å². The molecule has 1 fully saturated rings. The maximum atomic E-state index is 13.7. The van der Waals surface area contributed by atoms with E-state index in [1.165, 1.54) is 12.1 Å². The summed E-state index contributed by atoms with van der Waals surface area (Å²) in [4.78, 5) is 12.6. The lowest BCUT2D eigenvalue weighted by Gasteiger charge is -2.44. The Morgan fingerprint density at radius 1 is 1.00 bits per heavy atom. The molecule has 2 rings (SSSR count). The number of hydrogen-bond acceptors (Lipinski definition) is 4. The van der Waals surface area contributed by atoms with Crippen LogP contribution in [0.1, 0.15) is 53.5 Å². The topological polar surface area (TPSA) is 44.8 Å². The standard InChI is InChI=1S/C23H39FO4Si2/c1-21(2,3)29(7,8)26-16-23(17-11-13-18(24)14-12-17)19(15-20(25)27-23)28-30(9,10)22(4,5)6/h11-14,19H,15-16H2,1-10H3/t19-,23+/m1/s1. The lowest BCUT2D eigenvalue weighted by Crippen LogP contribution is -2.53. The van der Waals surface area contributed by atoms with Crippen molar-refractivity contribution < 1.29 is 22.8 Å². The molecule has 30 heavy (non-hydrogen) atoms. The average molecular weight is 455 g/mol. The summed E-state index contributed by atoms with van der Waals surface area (Å²) in [6.07, 6.45) is -0.300. The first-order valence-electron chi connectivity index (χ1n) is 10.7. The van der Waals surface area contributed by atoms with E-state index >= 15 is 0 Å². The second kappa shape index (κ2) is 8.15. The normalized spacial score (nSPS) is 23.6. The first kappa shape index (κ1) is 25.2. The highest BCUT2D eigenvalue weighted by atomic mass is 28.4. The summed E-state index contributed by atoms with van der Waals surface area (Å²) < 4.78 is 32.9. The Balaban J connectivity index is 2.50. The first-order valence-corrected chi connectivity index (χ1v) is 16.5. The van der Waals surface area contributed by atoms with Gasteiger partial charge in [-0.15, -0.1) is 0 Å². The van der Waals surface area contributed by atoms with E-state index in [1.54, 1.807) is 12.1 Å². The molecule has 0 aliphatic carbocycles. The van der Waals surface area contributed by atoms with Gasteiger partial charge in [-0.3, -0.25) is 4.79 Å². The predicted molar refractivity (Wildman–Crippen MR) is 124 cm³/mol. The molecule has 4 nitrogen and oxygen atoms in total. The van der Waals surface area contributed by atoms with Crippen LogP contribution in [0.5, 0.6) is 0 Å². The van der Waals surface area contributed by atoms with E-state index in [4.69, 9.17) is 13.6 Å². The zero-order valence-electron chi connectivity index (χ0n) is 20.3. The fraction of sp³-hybridized carbons (Fsp3) is 0.696. The molecule has 170 valence electrons. The van der Waals surface area contributed by atoms with Crippen molar-refractivity contribution in [2.24, 2.45) is 0 Å². The van der Waals surface area contributed by atoms with Crippen LogP contribution in [-0.4, -0.2) is 35.3 Å². The number of rotatable bonds is 6. The molecule has 1 aromatic rings. The number of halogens is 1. The molecule has 0 unspecified atom stereocenters. The van der Waals surface area contributed by atoms with Crippen molar-refractivity contribution in [3.8, 4) is 0 Å². The van der Waals surface area contributed by atoms with Crippen molar-refractivity contribution in [1.29, 1.82) is 0 Å². The van der Waals surface area contributed by atoms with Gasteiger partial charge in [0, 0.05) is 5.56 Å². The molecule has 1 aromatic carbocycles. The smallest absolute Gasteiger partial charge is 0.309 e. The van der Waals surface area contributed by atoms with E-state index in [0.29, 0.717) is 0 Å². The molecule has 0 saturated carbocycles. The van der Waals surface area contributed by atoms with E-state index in [2.05, 4.69) is 67.7 Å². The highest BCUT2D eigenvalue weighted by Gasteiger charge is 2.56. The second-order valence-corrected chi connectivity index (χ2v) is 21.1. The fourth-order valence-corrected chi connectivity index (χ4v) is 5.33. The van der Waals surface area contributed by atoms with Gasteiger partial charge in [-0.1, -0.05) is 53.7 Å². The van der Waals surface area contributed by atoms with Crippen LogP contribution in [0.4, 0.5) is 4.39 Å². The molecular weight excluding hydrogens is 415 g/mol. The summed E-state index contributed by atoms with van der Waals surface area (Å²) in [6, 6.07) is 6.17. The fourth-order valence-electron chi connectivity index (χ4n) is 2.98. The summed E-state index contributed by atoms with van der Waals surface area (Å²) in [5.74, 6) is -0.632. The number of cyclic esters (lactones) is 1. The number of benzene rings is 1. The molecule has 1 heterocycles. The third kappa shape index (κ3) is 5.06. The molecular formula is C23H39FO4Si2.